The molecule has 0 radical (unpaired) electrons. The molecule has 0 aromatic carbocycles. The van der Waals surface area contributed by atoms with Crippen LogP contribution in [0.15, 0.2) is 35.5 Å². The van der Waals surface area contributed by atoms with E-state index in [9.17, 15) is 0 Å². The summed E-state index contributed by atoms with van der Waals surface area (Å²) in [5, 5.41) is 0. The largest absolute Gasteiger partial charge is 0.497 e. The SMILES string of the molecule is [2H]c1nc([2H])c(-n2c([2H])nc(Br)c2[2H])c(B2OC(C)(C)C(C)(C)O2)c1[2H]. The molecule has 110 valence electrons. The molecule has 0 N–H and O–H groups in total. The van der Waals surface area contributed by atoms with Crippen LogP contribution in [0.2, 0.25) is 0 Å². The maximum Gasteiger partial charge on any atom is 0.497 e. The van der Waals surface area contributed by atoms with Crippen LogP contribution in [0.5, 0.6) is 0 Å². The zero-order valence-corrected chi connectivity index (χ0v) is 13.7. The fourth-order valence-electron chi connectivity index (χ4n) is 1.93. The lowest BCUT2D eigenvalue weighted by Gasteiger charge is -2.32. The van der Waals surface area contributed by atoms with Crippen molar-refractivity contribution in [3.8, 4) is 5.69 Å². The van der Waals surface area contributed by atoms with Crippen LogP contribution in [0.1, 0.15) is 34.5 Å². The molecule has 0 amide bonds. The third-order valence-corrected chi connectivity index (χ3v) is 4.18. The number of hydrogen-bond donors (Lipinski definition) is 0. The van der Waals surface area contributed by atoms with Crippen LogP contribution in [0, 0.1) is 0 Å². The second-order valence-corrected chi connectivity index (χ2v) is 6.51. The Hall–Kier alpha value is -1.18. The summed E-state index contributed by atoms with van der Waals surface area (Å²) in [5.74, 6) is 0. The Bertz CT molecular complexity index is 889. The molecular formula is C14H17BBrN3O2. The highest BCUT2D eigenvalue weighted by molar-refractivity contribution is 9.10. The lowest BCUT2D eigenvalue weighted by molar-refractivity contribution is 0.00578. The number of imidazole rings is 1. The zero-order chi connectivity index (χ0) is 19.6. The molecule has 3 heterocycles. The number of nitrogens with zero attached hydrogens (tertiary/aromatic N) is 3. The van der Waals surface area contributed by atoms with Crippen molar-refractivity contribution in [3.63, 3.8) is 0 Å². The molecule has 0 aliphatic carbocycles. The van der Waals surface area contributed by atoms with E-state index in [2.05, 4.69) is 25.9 Å². The van der Waals surface area contributed by atoms with Crippen molar-refractivity contribution in [2.45, 2.75) is 38.9 Å². The Kier molecular flexibility index (Phi) is 2.29. The first kappa shape index (κ1) is 9.76. The van der Waals surface area contributed by atoms with Crippen molar-refractivity contribution in [1.29, 1.82) is 0 Å². The van der Waals surface area contributed by atoms with Crippen LogP contribution in [0.25, 0.3) is 5.69 Å². The number of rotatable bonds is 2. The maximum atomic E-state index is 8.29. The van der Waals surface area contributed by atoms with E-state index in [4.69, 9.17) is 16.2 Å². The first-order valence-corrected chi connectivity index (χ1v) is 7.22. The minimum atomic E-state index is -1.04. The van der Waals surface area contributed by atoms with E-state index in [1.807, 2.05) is 27.7 Å². The van der Waals surface area contributed by atoms with E-state index >= 15 is 0 Å². The van der Waals surface area contributed by atoms with Gasteiger partial charge in [-0.15, -0.1) is 0 Å². The number of hydrogen-bond acceptors (Lipinski definition) is 4. The standard InChI is InChI=1S/C14H17BBrN3O2/c1-13(2)14(3,4)21-15(20-13)10-5-6-17-7-11(10)19-8-12(16)18-9-19/h5-9H,1-4H3/i5D,6D,7D,8D,9D. The molecule has 21 heavy (non-hydrogen) atoms. The van der Waals surface area contributed by atoms with Gasteiger partial charge in [-0.05, 0) is 49.7 Å². The Balaban J connectivity index is 2.30. The normalized spacial score (nSPS) is 23.3. The van der Waals surface area contributed by atoms with Crippen molar-refractivity contribution >= 4 is 28.5 Å². The minimum absolute atomic E-state index is 0.0160. The molecule has 3 rings (SSSR count). The smallest absolute Gasteiger partial charge is 0.399 e. The van der Waals surface area contributed by atoms with Gasteiger partial charge in [0.25, 0.3) is 0 Å². The topological polar surface area (TPSA) is 49.2 Å². The summed E-state index contributed by atoms with van der Waals surface area (Å²) < 4.78 is 53.7. The summed E-state index contributed by atoms with van der Waals surface area (Å²) >= 11 is 3.10. The zero-order valence-electron chi connectivity index (χ0n) is 17.1. The molecule has 1 saturated heterocycles. The van der Waals surface area contributed by atoms with Gasteiger partial charge >= 0.3 is 7.12 Å². The molecule has 1 fully saturated rings. The van der Waals surface area contributed by atoms with Gasteiger partial charge in [-0.2, -0.15) is 0 Å². The second kappa shape index (κ2) is 4.93. The Morgan fingerprint density at radius 3 is 2.52 bits per heavy atom. The first-order chi connectivity index (χ1) is 11.9. The molecule has 0 spiro atoms. The van der Waals surface area contributed by atoms with Crippen molar-refractivity contribution in [2.75, 3.05) is 0 Å². The van der Waals surface area contributed by atoms with Crippen molar-refractivity contribution in [3.05, 3.63) is 35.5 Å². The second-order valence-electron chi connectivity index (χ2n) is 5.76. The molecule has 2 aromatic heterocycles. The molecule has 7 heteroatoms. The van der Waals surface area contributed by atoms with E-state index in [0.29, 0.717) is 0 Å². The van der Waals surface area contributed by atoms with Gasteiger partial charge in [-0.25, -0.2) is 4.98 Å². The Morgan fingerprint density at radius 1 is 1.29 bits per heavy atom. The monoisotopic (exact) mass is 354 g/mol. The Labute approximate surface area is 140 Å². The molecule has 1 aliphatic rings. The van der Waals surface area contributed by atoms with Crippen LogP contribution < -0.4 is 5.46 Å². The molecule has 1 aliphatic heterocycles. The molecular weight excluding hydrogens is 333 g/mol. The summed E-state index contributed by atoms with van der Waals surface area (Å²) in [6.45, 7) is 7.39. The van der Waals surface area contributed by atoms with Gasteiger partial charge in [0.05, 0.1) is 28.5 Å². The predicted molar refractivity (Wildman–Crippen MR) is 84.8 cm³/mol. The third-order valence-electron chi connectivity index (χ3n) is 3.83. The number of pyridine rings is 1. The highest BCUT2D eigenvalue weighted by Crippen LogP contribution is 2.36. The van der Waals surface area contributed by atoms with Gasteiger partial charge in [-0.1, -0.05) is 0 Å². The van der Waals surface area contributed by atoms with E-state index in [1.54, 1.807) is 0 Å². The van der Waals surface area contributed by atoms with E-state index < -0.39 is 24.5 Å². The van der Waals surface area contributed by atoms with Crippen LogP contribution >= 0.6 is 15.9 Å². The lowest BCUT2D eigenvalue weighted by atomic mass is 9.78. The quantitative estimate of drug-likeness (QED) is 0.776. The van der Waals surface area contributed by atoms with Crippen molar-refractivity contribution in [1.82, 2.24) is 14.5 Å². The third kappa shape index (κ3) is 2.54. The molecule has 5 nitrogen and oxygen atoms in total. The lowest BCUT2D eigenvalue weighted by Crippen LogP contribution is -2.41. The number of aromatic nitrogens is 3. The number of halogens is 1. The summed E-state index contributed by atoms with van der Waals surface area (Å²) in [6.07, 6.45) is -1.23. The van der Waals surface area contributed by atoms with Gasteiger partial charge in [0.1, 0.15) is 12.3 Å². The van der Waals surface area contributed by atoms with Gasteiger partial charge in [-0.3, -0.25) is 4.98 Å². The summed E-state index contributed by atoms with van der Waals surface area (Å²) in [7, 11) is -1.04. The van der Waals surface area contributed by atoms with E-state index in [1.165, 1.54) is 0 Å². The predicted octanol–water partition coefficient (Wildman–Crippen LogP) is 2.33. The van der Waals surface area contributed by atoms with Gasteiger partial charge in [0, 0.05) is 17.8 Å². The fourth-order valence-corrected chi connectivity index (χ4v) is 2.19. The molecule has 2 aromatic rings. The van der Waals surface area contributed by atoms with E-state index in [0.717, 1.165) is 4.57 Å². The van der Waals surface area contributed by atoms with Crippen LogP contribution in [-0.4, -0.2) is 32.9 Å². The molecule has 0 saturated carbocycles. The van der Waals surface area contributed by atoms with Crippen molar-refractivity contribution in [2.24, 2.45) is 0 Å². The van der Waals surface area contributed by atoms with Gasteiger partial charge in [0.2, 0.25) is 0 Å². The highest BCUT2D eigenvalue weighted by Gasteiger charge is 2.52. The molecule has 0 unspecified atom stereocenters. The van der Waals surface area contributed by atoms with Gasteiger partial charge in [0.15, 0.2) is 0 Å². The van der Waals surface area contributed by atoms with Gasteiger partial charge < -0.3 is 13.9 Å². The molecule has 0 atom stereocenters. The van der Waals surface area contributed by atoms with Crippen molar-refractivity contribution < 1.29 is 16.2 Å². The summed E-state index contributed by atoms with van der Waals surface area (Å²) in [4.78, 5) is 7.61. The maximum absolute atomic E-state index is 8.29. The minimum Gasteiger partial charge on any atom is -0.399 e. The fraction of sp³-hybridized carbons (Fsp3) is 0.429. The molecule has 0 bridgehead atoms. The van der Waals surface area contributed by atoms with Crippen LogP contribution in [-0.2, 0) is 9.31 Å². The average Bonchev–Trinajstić information content (AvgIpc) is 2.86. The summed E-state index contributed by atoms with van der Waals surface area (Å²) in [6, 6.07) is -0.280. The first-order valence-electron chi connectivity index (χ1n) is 8.92. The summed E-state index contributed by atoms with van der Waals surface area (Å²) in [5.41, 5.74) is -1.32. The van der Waals surface area contributed by atoms with Crippen LogP contribution in [0.3, 0.4) is 0 Å². The van der Waals surface area contributed by atoms with Crippen LogP contribution in [0.4, 0.5) is 0 Å². The Morgan fingerprint density at radius 2 is 1.95 bits per heavy atom. The highest BCUT2D eigenvalue weighted by atomic mass is 79.9. The average molecular weight is 355 g/mol. The van der Waals surface area contributed by atoms with E-state index in [-0.39, 0.29) is 40.4 Å².